The number of anilines is 1. The van der Waals surface area contributed by atoms with Gasteiger partial charge in [-0.05, 0) is 37.5 Å². The molecule has 1 atom stereocenters. The Morgan fingerprint density at radius 3 is 2.92 bits per heavy atom. The number of likely N-dealkylation sites (tertiary alicyclic amines) is 1. The molecule has 4 rings (SSSR count). The molecule has 3 heterocycles. The van der Waals surface area contributed by atoms with E-state index in [4.69, 9.17) is 0 Å². The van der Waals surface area contributed by atoms with Gasteiger partial charge in [-0.25, -0.2) is 4.98 Å². The number of carbonyl (C=O) groups is 2. The van der Waals surface area contributed by atoms with E-state index in [2.05, 4.69) is 10.1 Å². The average molecular weight is 339 g/mol. The third-order valence-electron chi connectivity index (χ3n) is 4.98. The maximum Gasteiger partial charge on any atom is 0.254 e. The maximum absolute atomic E-state index is 13.0. The molecule has 0 N–H and O–H groups in total. The lowest BCUT2D eigenvalue weighted by molar-refractivity contribution is -0.117. The van der Waals surface area contributed by atoms with E-state index in [9.17, 15) is 9.59 Å². The van der Waals surface area contributed by atoms with Gasteiger partial charge < -0.3 is 9.80 Å². The van der Waals surface area contributed by atoms with Crippen LogP contribution in [-0.4, -0.2) is 50.6 Å². The second-order valence-corrected chi connectivity index (χ2v) is 6.61. The number of carbonyl (C=O) groups excluding carboxylic acids is 2. The van der Waals surface area contributed by atoms with Crippen molar-refractivity contribution in [2.24, 2.45) is 0 Å². The number of aromatic nitrogens is 3. The highest BCUT2D eigenvalue weighted by Gasteiger charge is 2.30. The zero-order valence-electron chi connectivity index (χ0n) is 14.0. The second kappa shape index (κ2) is 6.66. The summed E-state index contributed by atoms with van der Waals surface area (Å²) < 4.78 is 1.77. The van der Waals surface area contributed by atoms with Crippen LogP contribution in [0.2, 0.25) is 0 Å². The Balaban J connectivity index is 1.52. The lowest BCUT2D eigenvalue weighted by Gasteiger charge is -2.25. The summed E-state index contributed by atoms with van der Waals surface area (Å²) in [4.78, 5) is 32.6. The van der Waals surface area contributed by atoms with Crippen molar-refractivity contribution in [1.82, 2.24) is 19.7 Å². The van der Waals surface area contributed by atoms with E-state index >= 15 is 0 Å². The van der Waals surface area contributed by atoms with Gasteiger partial charge in [0.25, 0.3) is 5.91 Å². The third kappa shape index (κ3) is 3.14. The molecule has 0 aliphatic carbocycles. The fraction of sp³-hybridized carbons (Fsp3) is 0.444. The second-order valence-electron chi connectivity index (χ2n) is 6.61. The molecule has 25 heavy (non-hydrogen) atoms. The van der Waals surface area contributed by atoms with Crippen LogP contribution in [0.5, 0.6) is 0 Å². The quantitative estimate of drug-likeness (QED) is 0.850. The minimum Gasteiger partial charge on any atom is -0.334 e. The molecule has 7 nitrogen and oxygen atoms in total. The summed E-state index contributed by atoms with van der Waals surface area (Å²) in [5.41, 5.74) is 1.46. The fourth-order valence-corrected chi connectivity index (χ4v) is 3.73. The Labute approximate surface area is 146 Å². The van der Waals surface area contributed by atoms with Gasteiger partial charge in [0, 0.05) is 30.8 Å². The van der Waals surface area contributed by atoms with Crippen molar-refractivity contribution in [1.29, 1.82) is 0 Å². The first-order valence-electron chi connectivity index (χ1n) is 8.76. The van der Waals surface area contributed by atoms with E-state index in [-0.39, 0.29) is 17.9 Å². The van der Waals surface area contributed by atoms with Gasteiger partial charge in [0.1, 0.15) is 12.7 Å². The summed E-state index contributed by atoms with van der Waals surface area (Å²) in [6, 6.07) is 7.56. The molecule has 2 fully saturated rings. The lowest BCUT2D eigenvalue weighted by Crippen LogP contribution is -2.38. The number of nitrogens with zero attached hydrogens (tertiary/aromatic N) is 5. The van der Waals surface area contributed by atoms with Crippen molar-refractivity contribution >= 4 is 17.5 Å². The van der Waals surface area contributed by atoms with E-state index in [0.717, 1.165) is 38.0 Å². The first-order valence-corrected chi connectivity index (χ1v) is 8.76. The van der Waals surface area contributed by atoms with Gasteiger partial charge in [-0.2, -0.15) is 5.10 Å². The fourth-order valence-electron chi connectivity index (χ4n) is 3.73. The lowest BCUT2D eigenvalue weighted by atomic mass is 10.1. The Morgan fingerprint density at radius 2 is 2.16 bits per heavy atom. The molecular formula is C18H21N5O2. The largest absolute Gasteiger partial charge is 0.334 e. The molecule has 0 radical (unpaired) electrons. The van der Waals surface area contributed by atoms with Gasteiger partial charge in [0.2, 0.25) is 5.91 Å². The van der Waals surface area contributed by atoms with Gasteiger partial charge in [-0.1, -0.05) is 6.07 Å². The zero-order valence-corrected chi connectivity index (χ0v) is 14.0. The summed E-state index contributed by atoms with van der Waals surface area (Å²) in [7, 11) is 0. The molecule has 2 aliphatic heterocycles. The Hall–Kier alpha value is -2.70. The summed E-state index contributed by atoms with van der Waals surface area (Å²) in [5, 5.41) is 4.14. The van der Waals surface area contributed by atoms with Crippen LogP contribution in [0.25, 0.3) is 0 Å². The molecule has 2 aliphatic rings. The molecule has 0 saturated carbocycles. The first kappa shape index (κ1) is 15.8. The molecule has 0 spiro atoms. The van der Waals surface area contributed by atoms with Crippen LogP contribution in [0, 0.1) is 0 Å². The van der Waals surface area contributed by atoms with E-state index in [1.807, 2.05) is 29.2 Å². The van der Waals surface area contributed by atoms with Crippen LogP contribution in [0.1, 0.15) is 36.0 Å². The predicted molar refractivity (Wildman–Crippen MR) is 92.1 cm³/mol. The van der Waals surface area contributed by atoms with Crippen LogP contribution in [-0.2, 0) is 11.3 Å². The van der Waals surface area contributed by atoms with Gasteiger partial charge in [0.05, 0.1) is 12.6 Å². The van der Waals surface area contributed by atoms with Crippen molar-refractivity contribution in [3.63, 3.8) is 0 Å². The highest BCUT2D eigenvalue weighted by Crippen LogP contribution is 2.25. The van der Waals surface area contributed by atoms with Crippen LogP contribution >= 0.6 is 0 Å². The normalized spacial score (nSPS) is 20.5. The van der Waals surface area contributed by atoms with E-state index in [1.165, 1.54) is 6.33 Å². The summed E-state index contributed by atoms with van der Waals surface area (Å²) in [6.45, 7) is 2.15. The summed E-state index contributed by atoms with van der Waals surface area (Å²) >= 11 is 0. The number of rotatable bonds is 4. The molecule has 0 bridgehead atoms. The Bertz CT molecular complexity index is 774. The van der Waals surface area contributed by atoms with Crippen LogP contribution in [0.3, 0.4) is 0 Å². The van der Waals surface area contributed by atoms with Crippen LogP contribution in [0.4, 0.5) is 5.69 Å². The van der Waals surface area contributed by atoms with Crippen molar-refractivity contribution in [2.75, 3.05) is 18.0 Å². The minimum atomic E-state index is 0.0242. The highest BCUT2D eigenvalue weighted by molar-refractivity contribution is 5.99. The molecule has 2 aromatic rings. The smallest absolute Gasteiger partial charge is 0.254 e. The van der Waals surface area contributed by atoms with Crippen LogP contribution in [0.15, 0.2) is 36.9 Å². The average Bonchev–Trinajstić information content (AvgIpc) is 3.37. The number of amides is 2. The Morgan fingerprint density at radius 1 is 1.24 bits per heavy atom. The Kier molecular flexibility index (Phi) is 4.21. The van der Waals surface area contributed by atoms with Crippen LogP contribution < -0.4 is 4.90 Å². The standard InChI is InChI=1S/C18H21N5O2/c24-17-7-3-8-22(17)15-5-1-4-14(10-15)18(25)23-9-2-6-16(23)11-21-13-19-12-20-21/h1,4-5,10,12-13,16H,2-3,6-9,11H2. The molecule has 130 valence electrons. The molecule has 1 aromatic heterocycles. The third-order valence-corrected chi connectivity index (χ3v) is 4.98. The molecule has 2 saturated heterocycles. The molecule has 2 amide bonds. The molecular weight excluding hydrogens is 318 g/mol. The van der Waals surface area contributed by atoms with Gasteiger partial charge in [-0.3, -0.25) is 14.3 Å². The minimum absolute atomic E-state index is 0.0242. The number of benzene rings is 1. The topological polar surface area (TPSA) is 71.3 Å². The molecule has 1 unspecified atom stereocenters. The predicted octanol–water partition coefficient (Wildman–Crippen LogP) is 1.71. The molecule has 7 heteroatoms. The molecule has 1 aromatic carbocycles. The zero-order chi connectivity index (χ0) is 17.2. The van der Waals surface area contributed by atoms with Crippen molar-refractivity contribution < 1.29 is 9.59 Å². The van der Waals surface area contributed by atoms with Gasteiger partial charge >= 0.3 is 0 Å². The van der Waals surface area contributed by atoms with E-state index < -0.39 is 0 Å². The van der Waals surface area contributed by atoms with Gasteiger partial charge in [-0.15, -0.1) is 0 Å². The van der Waals surface area contributed by atoms with E-state index in [1.54, 1.807) is 15.9 Å². The van der Waals surface area contributed by atoms with Crippen molar-refractivity contribution in [2.45, 2.75) is 38.3 Å². The number of hydrogen-bond acceptors (Lipinski definition) is 4. The summed E-state index contributed by atoms with van der Waals surface area (Å²) in [5.74, 6) is 0.158. The summed E-state index contributed by atoms with van der Waals surface area (Å²) in [6.07, 6.45) is 6.62. The van der Waals surface area contributed by atoms with E-state index in [0.29, 0.717) is 18.5 Å². The highest BCUT2D eigenvalue weighted by atomic mass is 16.2. The monoisotopic (exact) mass is 339 g/mol. The van der Waals surface area contributed by atoms with Crippen molar-refractivity contribution in [3.8, 4) is 0 Å². The van der Waals surface area contributed by atoms with Crippen molar-refractivity contribution in [3.05, 3.63) is 42.5 Å². The maximum atomic E-state index is 13.0. The van der Waals surface area contributed by atoms with Gasteiger partial charge in [0.15, 0.2) is 0 Å². The first-order chi connectivity index (χ1) is 12.2. The SMILES string of the molecule is O=C1CCCN1c1cccc(C(=O)N2CCCC2Cn2cncn2)c1. The number of hydrogen-bond donors (Lipinski definition) is 0.